The Morgan fingerprint density at radius 1 is 1.30 bits per heavy atom. The number of benzene rings is 1. The van der Waals surface area contributed by atoms with Gasteiger partial charge in [-0.2, -0.15) is 0 Å². The van der Waals surface area contributed by atoms with Gasteiger partial charge in [-0.15, -0.1) is 0 Å². The number of halogens is 1. The van der Waals surface area contributed by atoms with Gasteiger partial charge in [0, 0.05) is 30.6 Å². The normalized spacial score (nSPS) is 16.0. The topological polar surface area (TPSA) is 75.4 Å². The van der Waals surface area contributed by atoms with Crippen LogP contribution in [0.4, 0.5) is 5.69 Å². The number of hydrogen-bond donors (Lipinski definition) is 2. The molecule has 1 atom stereocenters. The first-order valence-corrected chi connectivity index (χ1v) is 8.49. The SMILES string of the molecule is CC(N)CCC(=O)Nc1cc(Cl)ccc1C(=O)N1CCCCC1. The lowest BCUT2D eigenvalue weighted by molar-refractivity contribution is -0.116. The molecule has 1 heterocycles. The summed E-state index contributed by atoms with van der Waals surface area (Å²) in [6.07, 6.45) is 4.12. The van der Waals surface area contributed by atoms with E-state index in [1.807, 2.05) is 11.8 Å². The summed E-state index contributed by atoms with van der Waals surface area (Å²) in [6, 6.07) is 4.95. The highest BCUT2D eigenvalue weighted by Crippen LogP contribution is 2.24. The molecule has 2 rings (SSSR count). The van der Waals surface area contributed by atoms with Crippen molar-refractivity contribution in [1.29, 1.82) is 0 Å². The van der Waals surface area contributed by atoms with Crippen molar-refractivity contribution >= 4 is 29.1 Å². The predicted octanol–water partition coefficient (Wildman–Crippen LogP) is 3.03. The molecule has 0 aliphatic carbocycles. The van der Waals surface area contributed by atoms with E-state index >= 15 is 0 Å². The third kappa shape index (κ3) is 5.22. The van der Waals surface area contributed by atoms with Crippen molar-refractivity contribution in [3.8, 4) is 0 Å². The second-order valence-corrected chi connectivity index (χ2v) is 6.54. The van der Waals surface area contributed by atoms with Gasteiger partial charge < -0.3 is 16.0 Å². The van der Waals surface area contributed by atoms with Gasteiger partial charge in [0.05, 0.1) is 11.3 Å². The number of amides is 2. The zero-order valence-electron chi connectivity index (χ0n) is 13.5. The second-order valence-electron chi connectivity index (χ2n) is 6.11. The van der Waals surface area contributed by atoms with E-state index in [0.717, 1.165) is 32.4 Å². The molecule has 1 aliphatic rings. The highest BCUT2D eigenvalue weighted by Gasteiger charge is 2.21. The monoisotopic (exact) mass is 337 g/mol. The van der Waals surface area contributed by atoms with Gasteiger partial charge in [-0.25, -0.2) is 0 Å². The summed E-state index contributed by atoms with van der Waals surface area (Å²) >= 11 is 6.02. The number of carbonyl (C=O) groups excluding carboxylic acids is 2. The Hall–Kier alpha value is -1.59. The maximum Gasteiger partial charge on any atom is 0.255 e. The van der Waals surface area contributed by atoms with Gasteiger partial charge in [0.2, 0.25) is 5.91 Å². The lowest BCUT2D eigenvalue weighted by atomic mass is 10.1. The first-order valence-electron chi connectivity index (χ1n) is 8.11. The van der Waals surface area contributed by atoms with Crippen molar-refractivity contribution in [3.63, 3.8) is 0 Å². The van der Waals surface area contributed by atoms with E-state index in [1.165, 1.54) is 0 Å². The highest BCUT2D eigenvalue weighted by molar-refractivity contribution is 6.31. The van der Waals surface area contributed by atoms with E-state index in [4.69, 9.17) is 17.3 Å². The van der Waals surface area contributed by atoms with Crippen molar-refractivity contribution in [2.24, 2.45) is 5.73 Å². The Bertz CT molecular complexity index is 569. The Labute approximate surface area is 142 Å². The van der Waals surface area contributed by atoms with Gasteiger partial charge in [0.25, 0.3) is 5.91 Å². The molecule has 0 bridgehead atoms. The van der Waals surface area contributed by atoms with Crippen LogP contribution >= 0.6 is 11.6 Å². The minimum absolute atomic E-state index is 0.0328. The maximum atomic E-state index is 12.7. The Morgan fingerprint density at radius 3 is 2.65 bits per heavy atom. The predicted molar refractivity (Wildman–Crippen MR) is 92.7 cm³/mol. The molecule has 23 heavy (non-hydrogen) atoms. The maximum absolute atomic E-state index is 12.7. The van der Waals surface area contributed by atoms with Crippen LogP contribution in [0.2, 0.25) is 5.02 Å². The fourth-order valence-electron chi connectivity index (χ4n) is 2.65. The summed E-state index contributed by atoms with van der Waals surface area (Å²) in [5.41, 5.74) is 6.64. The molecule has 126 valence electrons. The molecule has 1 saturated heterocycles. The average molecular weight is 338 g/mol. The smallest absolute Gasteiger partial charge is 0.255 e. The molecule has 2 amide bonds. The number of carbonyl (C=O) groups is 2. The number of hydrogen-bond acceptors (Lipinski definition) is 3. The molecule has 3 N–H and O–H groups in total. The van der Waals surface area contributed by atoms with Crippen LogP contribution < -0.4 is 11.1 Å². The second kappa shape index (κ2) is 8.31. The number of nitrogens with one attached hydrogen (secondary N) is 1. The zero-order chi connectivity index (χ0) is 16.8. The highest BCUT2D eigenvalue weighted by atomic mass is 35.5. The molecule has 1 unspecified atom stereocenters. The molecule has 1 aromatic carbocycles. The van der Waals surface area contributed by atoms with Crippen LogP contribution in [-0.4, -0.2) is 35.8 Å². The molecule has 1 aliphatic heterocycles. The van der Waals surface area contributed by atoms with Crippen LogP contribution in [0.1, 0.15) is 49.4 Å². The minimum Gasteiger partial charge on any atom is -0.339 e. The number of nitrogens with two attached hydrogens (primary N) is 1. The van der Waals surface area contributed by atoms with Crippen LogP contribution in [0.25, 0.3) is 0 Å². The third-order valence-corrected chi connectivity index (χ3v) is 4.19. The van der Waals surface area contributed by atoms with Crippen molar-refractivity contribution in [1.82, 2.24) is 4.90 Å². The number of nitrogens with zero attached hydrogens (tertiary/aromatic N) is 1. The fourth-order valence-corrected chi connectivity index (χ4v) is 2.82. The molecular formula is C17H24ClN3O2. The number of rotatable bonds is 5. The van der Waals surface area contributed by atoms with Gasteiger partial charge in [-0.3, -0.25) is 9.59 Å². The summed E-state index contributed by atoms with van der Waals surface area (Å²) in [4.78, 5) is 26.6. The van der Waals surface area contributed by atoms with Gasteiger partial charge >= 0.3 is 0 Å². The fraction of sp³-hybridized carbons (Fsp3) is 0.529. The van der Waals surface area contributed by atoms with Gasteiger partial charge in [-0.1, -0.05) is 11.6 Å². The standard InChI is InChI=1S/C17H24ClN3O2/c1-12(19)5-8-16(22)20-15-11-13(18)6-7-14(15)17(23)21-9-3-2-4-10-21/h6-7,11-12H,2-5,8-10,19H2,1H3,(H,20,22). The molecule has 6 heteroatoms. The minimum atomic E-state index is -0.155. The van der Waals surface area contributed by atoms with E-state index in [9.17, 15) is 9.59 Å². The van der Waals surface area contributed by atoms with E-state index < -0.39 is 0 Å². The zero-order valence-corrected chi connectivity index (χ0v) is 14.2. The Kier molecular flexibility index (Phi) is 6.42. The largest absolute Gasteiger partial charge is 0.339 e. The third-order valence-electron chi connectivity index (χ3n) is 3.96. The van der Waals surface area contributed by atoms with E-state index in [2.05, 4.69) is 5.32 Å². The van der Waals surface area contributed by atoms with Crippen molar-refractivity contribution < 1.29 is 9.59 Å². The molecule has 0 aromatic heterocycles. The summed E-state index contributed by atoms with van der Waals surface area (Å²) in [7, 11) is 0. The number of likely N-dealkylation sites (tertiary alicyclic amines) is 1. The van der Waals surface area contributed by atoms with Gasteiger partial charge in [0.15, 0.2) is 0 Å². The van der Waals surface area contributed by atoms with Crippen LogP contribution in [0.3, 0.4) is 0 Å². The van der Waals surface area contributed by atoms with Crippen LogP contribution in [-0.2, 0) is 4.79 Å². The number of piperidine rings is 1. The average Bonchev–Trinajstić information content (AvgIpc) is 2.53. The summed E-state index contributed by atoms with van der Waals surface area (Å²) in [5, 5.41) is 3.29. The first kappa shape index (κ1) is 17.8. The summed E-state index contributed by atoms with van der Waals surface area (Å²) in [5.74, 6) is -0.207. The summed E-state index contributed by atoms with van der Waals surface area (Å²) in [6.45, 7) is 3.39. The van der Waals surface area contributed by atoms with Crippen LogP contribution in [0.15, 0.2) is 18.2 Å². The van der Waals surface area contributed by atoms with Gasteiger partial charge in [0.1, 0.15) is 0 Å². The first-order chi connectivity index (χ1) is 11.0. The Morgan fingerprint density at radius 2 is 2.00 bits per heavy atom. The quantitative estimate of drug-likeness (QED) is 0.867. The molecular weight excluding hydrogens is 314 g/mol. The summed E-state index contributed by atoms with van der Waals surface area (Å²) < 4.78 is 0. The van der Waals surface area contributed by atoms with Crippen molar-refractivity contribution in [3.05, 3.63) is 28.8 Å². The molecule has 0 spiro atoms. The van der Waals surface area contributed by atoms with Gasteiger partial charge in [-0.05, 0) is 50.8 Å². The molecule has 0 saturated carbocycles. The van der Waals surface area contributed by atoms with Crippen molar-refractivity contribution in [2.45, 2.75) is 45.1 Å². The van der Waals surface area contributed by atoms with E-state index in [1.54, 1.807) is 18.2 Å². The van der Waals surface area contributed by atoms with Crippen LogP contribution in [0, 0.1) is 0 Å². The van der Waals surface area contributed by atoms with E-state index in [0.29, 0.717) is 29.1 Å². The molecule has 1 fully saturated rings. The number of anilines is 1. The Balaban J connectivity index is 2.13. The lowest BCUT2D eigenvalue weighted by Gasteiger charge is -2.27. The van der Waals surface area contributed by atoms with Crippen LogP contribution in [0.5, 0.6) is 0 Å². The van der Waals surface area contributed by atoms with Crippen molar-refractivity contribution in [2.75, 3.05) is 18.4 Å². The molecule has 1 aromatic rings. The molecule has 0 radical (unpaired) electrons. The lowest BCUT2D eigenvalue weighted by Crippen LogP contribution is -2.36. The van der Waals surface area contributed by atoms with E-state index in [-0.39, 0.29) is 17.9 Å². The molecule has 5 nitrogen and oxygen atoms in total.